The number of aryl methyl sites for hydroxylation is 1. The highest BCUT2D eigenvalue weighted by Crippen LogP contribution is 2.25. The van der Waals surface area contributed by atoms with E-state index in [0.29, 0.717) is 24.7 Å². The molecule has 24 heavy (non-hydrogen) atoms. The number of aromatic nitrogens is 4. The minimum atomic E-state index is 0.332. The predicted molar refractivity (Wildman–Crippen MR) is 87.5 cm³/mol. The van der Waals surface area contributed by atoms with Crippen LogP contribution in [0.4, 0.5) is 0 Å². The summed E-state index contributed by atoms with van der Waals surface area (Å²) in [6.07, 6.45) is 8.48. The van der Waals surface area contributed by atoms with Crippen LogP contribution in [0.3, 0.4) is 0 Å². The summed E-state index contributed by atoms with van der Waals surface area (Å²) in [6.45, 7) is 4.12. The standard InChI is InChI=1S/C17H23N5O2/c1-6-18-17(19-7-1)24-13-16-3-9-22-15(2-8-20-22)12-21(16)14-4-10-23-11-5-14/h1-2,6-8,14,16H,3-5,9-13H2/t16-/m1/s1. The molecule has 0 saturated carbocycles. The molecule has 7 heteroatoms. The average molecular weight is 329 g/mol. The van der Waals surface area contributed by atoms with Crippen LogP contribution in [-0.4, -0.2) is 56.6 Å². The van der Waals surface area contributed by atoms with Gasteiger partial charge in [0.15, 0.2) is 0 Å². The summed E-state index contributed by atoms with van der Waals surface area (Å²) < 4.78 is 13.5. The first kappa shape index (κ1) is 15.5. The second kappa shape index (κ2) is 7.27. The van der Waals surface area contributed by atoms with E-state index in [1.54, 1.807) is 18.5 Å². The smallest absolute Gasteiger partial charge is 0.316 e. The zero-order valence-corrected chi connectivity index (χ0v) is 13.8. The van der Waals surface area contributed by atoms with Gasteiger partial charge in [0, 0.05) is 57.0 Å². The number of ether oxygens (including phenoxy) is 2. The SMILES string of the molecule is c1cnc(OC[C@H]2CCn3nccc3CN2C2CCOCC2)nc1. The summed E-state index contributed by atoms with van der Waals surface area (Å²) in [5.74, 6) is 0. The van der Waals surface area contributed by atoms with Crippen molar-refractivity contribution in [1.82, 2.24) is 24.6 Å². The monoisotopic (exact) mass is 329 g/mol. The first-order valence-electron chi connectivity index (χ1n) is 8.64. The number of hydrogen-bond acceptors (Lipinski definition) is 6. The molecule has 0 spiro atoms. The zero-order valence-electron chi connectivity index (χ0n) is 13.8. The number of hydrogen-bond donors (Lipinski definition) is 0. The van der Waals surface area contributed by atoms with Gasteiger partial charge in [0.05, 0.1) is 5.69 Å². The van der Waals surface area contributed by atoms with Gasteiger partial charge in [-0.2, -0.15) is 5.10 Å². The summed E-state index contributed by atoms with van der Waals surface area (Å²) >= 11 is 0. The fourth-order valence-electron chi connectivity index (χ4n) is 3.60. The van der Waals surface area contributed by atoms with Crippen molar-refractivity contribution in [3.05, 3.63) is 36.4 Å². The maximum absolute atomic E-state index is 5.87. The lowest BCUT2D eigenvalue weighted by molar-refractivity contribution is 0.00154. The van der Waals surface area contributed by atoms with Crippen LogP contribution < -0.4 is 4.74 Å². The van der Waals surface area contributed by atoms with Crippen LogP contribution in [0.5, 0.6) is 6.01 Å². The van der Waals surface area contributed by atoms with Crippen LogP contribution in [0, 0.1) is 0 Å². The summed E-state index contributed by atoms with van der Waals surface area (Å²) in [7, 11) is 0. The summed E-state index contributed by atoms with van der Waals surface area (Å²) in [4.78, 5) is 10.9. The highest BCUT2D eigenvalue weighted by Gasteiger charge is 2.31. The molecular weight excluding hydrogens is 306 g/mol. The van der Waals surface area contributed by atoms with Gasteiger partial charge in [-0.25, -0.2) is 9.97 Å². The second-order valence-electron chi connectivity index (χ2n) is 6.35. The third-order valence-electron chi connectivity index (χ3n) is 4.90. The Morgan fingerprint density at radius 1 is 1.12 bits per heavy atom. The Hall–Kier alpha value is -1.99. The van der Waals surface area contributed by atoms with Gasteiger partial charge in [0.25, 0.3) is 0 Å². The summed E-state index contributed by atoms with van der Waals surface area (Å²) in [5, 5.41) is 4.45. The Bertz CT molecular complexity index is 641. The van der Waals surface area contributed by atoms with Gasteiger partial charge in [-0.1, -0.05) is 0 Å². The van der Waals surface area contributed by atoms with E-state index in [1.165, 1.54) is 5.69 Å². The van der Waals surface area contributed by atoms with Crippen LogP contribution >= 0.6 is 0 Å². The van der Waals surface area contributed by atoms with Gasteiger partial charge in [-0.05, 0) is 31.4 Å². The largest absolute Gasteiger partial charge is 0.462 e. The Morgan fingerprint density at radius 2 is 1.96 bits per heavy atom. The lowest BCUT2D eigenvalue weighted by Gasteiger charge is -2.38. The molecule has 1 fully saturated rings. The Kier molecular flexibility index (Phi) is 4.71. The molecular formula is C17H23N5O2. The molecule has 2 aromatic heterocycles. The molecule has 7 nitrogen and oxygen atoms in total. The van der Waals surface area contributed by atoms with E-state index in [9.17, 15) is 0 Å². The molecule has 4 rings (SSSR count). The second-order valence-corrected chi connectivity index (χ2v) is 6.35. The molecule has 2 aliphatic heterocycles. The molecule has 0 unspecified atom stereocenters. The quantitative estimate of drug-likeness (QED) is 0.847. The van der Waals surface area contributed by atoms with Crippen molar-refractivity contribution >= 4 is 0 Å². The maximum atomic E-state index is 5.87. The molecule has 128 valence electrons. The van der Waals surface area contributed by atoms with Crippen molar-refractivity contribution in [1.29, 1.82) is 0 Å². The minimum Gasteiger partial charge on any atom is -0.462 e. The van der Waals surface area contributed by atoms with Gasteiger partial charge in [0.2, 0.25) is 0 Å². The van der Waals surface area contributed by atoms with E-state index in [4.69, 9.17) is 9.47 Å². The lowest BCUT2D eigenvalue weighted by atomic mass is 10.0. The molecule has 0 bridgehead atoms. The molecule has 0 N–H and O–H groups in total. The Labute approximate surface area is 141 Å². The van der Waals surface area contributed by atoms with E-state index in [2.05, 4.69) is 30.7 Å². The molecule has 4 heterocycles. The molecule has 0 aliphatic carbocycles. The van der Waals surface area contributed by atoms with Gasteiger partial charge >= 0.3 is 6.01 Å². The summed E-state index contributed by atoms with van der Waals surface area (Å²) in [6, 6.07) is 5.23. The maximum Gasteiger partial charge on any atom is 0.316 e. The summed E-state index contributed by atoms with van der Waals surface area (Å²) in [5.41, 5.74) is 1.28. The fourth-order valence-corrected chi connectivity index (χ4v) is 3.60. The van der Waals surface area contributed by atoms with Gasteiger partial charge in [0.1, 0.15) is 6.61 Å². The van der Waals surface area contributed by atoms with Crippen LogP contribution in [-0.2, 0) is 17.8 Å². The van der Waals surface area contributed by atoms with Crippen LogP contribution in [0.1, 0.15) is 25.0 Å². The van der Waals surface area contributed by atoms with Gasteiger partial charge in [-0.15, -0.1) is 0 Å². The molecule has 1 atom stereocenters. The molecule has 0 radical (unpaired) electrons. The first-order valence-corrected chi connectivity index (χ1v) is 8.64. The van der Waals surface area contributed by atoms with E-state index in [-0.39, 0.29) is 0 Å². The van der Waals surface area contributed by atoms with E-state index < -0.39 is 0 Å². The van der Waals surface area contributed by atoms with Crippen molar-refractivity contribution in [2.45, 2.75) is 44.4 Å². The fraction of sp³-hybridized carbons (Fsp3) is 0.588. The van der Waals surface area contributed by atoms with Crippen molar-refractivity contribution in [3.63, 3.8) is 0 Å². The Morgan fingerprint density at radius 3 is 2.79 bits per heavy atom. The number of fused-ring (bicyclic) bond motifs is 1. The highest BCUT2D eigenvalue weighted by molar-refractivity contribution is 5.04. The molecule has 0 aromatic carbocycles. The van der Waals surface area contributed by atoms with Crippen molar-refractivity contribution < 1.29 is 9.47 Å². The van der Waals surface area contributed by atoms with Crippen molar-refractivity contribution in [2.75, 3.05) is 19.8 Å². The zero-order chi connectivity index (χ0) is 16.2. The van der Waals surface area contributed by atoms with E-state index in [1.807, 2.05) is 6.20 Å². The van der Waals surface area contributed by atoms with Crippen LogP contribution in [0.15, 0.2) is 30.7 Å². The molecule has 0 amide bonds. The van der Waals surface area contributed by atoms with Crippen molar-refractivity contribution in [2.24, 2.45) is 0 Å². The molecule has 2 aromatic rings. The van der Waals surface area contributed by atoms with Crippen LogP contribution in [0.2, 0.25) is 0 Å². The van der Waals surface area contributed by atoms with E-state index >= 15 is 0 Å². The van der Waals surface area contributed by atoms with E-state index in [0.717, 1.165) is 45.6 Å². The normalized spacial score (nSPS) is 22.8. The van der Waals surface area contributed by atoms with Crippen molar-refractivity contribution in [3.8, 4) is 6.01 Å². The molecule has 1 saturated heterocycles. The lowest BCUT2D eigenvalue weighted by Crippen LogP contribution is -2.47. The highest BCUT2D eigenvalue weighted by atomic mass is 16.5. The van der Waals surface area contributed by atoms with Gasteiger partial charge < -0.3 is 9.47 Å². The third-order valence-corrected chi connectivity index (χ3v) is 4.90. The molecule has 2 aliphatic rings. The van der Waals surface area contributed by atoms with Gasteiger partial charge in [-0.3, -0.25) is 9.58 Å². The Balaban J connectivity index is 1.49. The van der Waals surface area contributed by atoms with Crippen LogP contribution in [0.25, 0.3) is 0 Å². The number of nitrogens with zero attached hydrogens (tertiary/aromatic N) is 5. The predicted octanol–water partition coefficient (Wildman–Crippen LogP) is 1.51. The third kappa shape index (κ3) is 3.42. The number of rotatable bonds is 4. The average Bonchev–Trinajstić information content (AvgIpc) is 3.02. The minimum absolute atomic E-state index is 0.332. The first-order chi connectivity index (χ1) is 11.9. The topological polar surface area (TPSA) is 65.3 Å².